The van der Waals surface area contributed by atoms with Gasteiger partial charge >= 0.3 is 0 Å². The van der Waals surface area contributed by atoms with Crippen LogP contribution >= 0.6 is 0 Å². The van der Waals surface area contributed by atoms with Gasteiger partial charge in [0.15, 0.2) is 5.82 Å². The predicted octanol–water partition coefficient (Wildman–Crippen LogP) is 1.38. The van der Waals surface area contributed by atoms with Crippen molar-refractivity contribution in [3.63, 3.8) is 0 Å². The number of hydrogen-bond acceptors (Lipinski definition) is 4. The number of carbonyl (C=O) groups excluding carboxylic acids is 1. The molecule has 1 atom stereocenters. The molecule has 23 heavy (non-hydrogen) atoms. The molecule has 2 aromatic rings. The van der Waals surface area contributed by atoms with Crippen molar-refractivity contribution in [3.05, 3.63) is 28.6 Å². The fourth-order valence-electron chi connectivity index (χ4n) is 3.29. The number of nitrogens with one attached hydrogen (secondary N) is 1. The monoisotopic (exact) mass is 316 g/mol. The summed E-state index contributed by atoms with van der Waals surface area (Å²) in [6, 6.07) is -0.113. The third-order valence-corrected chi connectivity index (χ3v) is 4.66. The summed E-state index contributed by atoms with van der Waals surface area (Å²) in [6.45, 7) is 6.94. The normalized spacial score (nSPS) is 14.8. The summed E-state index contributed by atoms with van der Waals surface area (Å²) in [6.07, 6.45) is 3.26. The van der Waals surface area contributed by atoms with Crippen LogP contribution in [0, 0.1) is 13.8 Å². The fraction of sp³-hybridized carbons (Fsp3) is 0.625. The Balaban J connectivity index is 1.59. The molecule has 0 aromatic carbocycles. The number of fused-ring (bicyclic) bond motifs is 1. The Kier molecular flexibility index (Phi) is 4.19. The molecular weight excluding hydrogens is 292 g/mol. The average molecular weight is 316 g/mol. The summed E-state index contributed by atoms with van der Waals surface area (Å²) in [4.78, 5) is 12.3. The lowest BCUT2D eigenvalue weighted by Gasteiger charge is -2.14. The van der Waals surface area contributed by atoms with Crippen LogP contribution in [0.15, 0.2) is 0 Å². The van der Waals surface area contributed by atoms with Crippen molar-refractivity contribution in [2.75, 3.05) is 0 Å². The van der Waals surface area contributed by atoms with Gasteiger partial charge in [0, 0.05) is 32.1 Å². The van der Waals surface area contributed by atoms with Crippen molar-refractivity contribution in [2.45, 2.75) is 59.0 Å². The Morgan fingerprint density at radius 1 is 1.35 bits per heavy atom. The van der Waals surface area contributed by atoms with Crippen molar-refractivity contribution in [1.29, 1.82) is 0 Å². The smallest absolute Gasteiger partial charge is 0.220 e. The molecule has 0 unspecified atom stereocenters. The molecule has 3 heterocycles. The van der Waals surface area contributed by atoms with E-state index < -0.39 is 0 Å². The number of hydrogen-bond donors (Lipinski definition) is 1. The van der Waals surface area contributed by atoms with Gasteiger partial charge in [-0.25, -0.2) is 0 Å². The number of aromatic nitrogens is 5. The number of aryl methyl sites for hydroxylation is 3. The van der Waals surface area contributed by atoms with E-state index in [4.69, 9.17) is 0 Å². The SMILES string of the molecule is Cc1nn(C)c(C)c1CCC(=O)N[C@H](C)c1nnc2n1CCC2. The summed E-state index contributed by atoms with van der Waals surface area (Å²) in [7, 11) is 1.93. The summed E-state index contributed by atoms with van der Waals surface area (Å²) in [5.74, 6) is 1.93. The Morgan fingerprint density at radius 2 is 2.13 bits per heavy atom. The third kappa shape index (κ3) is 3.00. The number of rotatable bonds is 5. The van der Waals surface area contributed by atoms with Crippen LogP contribution in [0.3, 0.4) is 0 Å². The predicted molar refractivity (Wildman–Crippen MR) is 85.9 cm³/mol. The van der Waals surface area contributed by atoms with Gasteiger partial charge in [-0.15, -0.1) is 10.2 Å². The second-order valence-corrected chi connectivity index (χ2v) is 6.29. The summed E-state index contributed by atoms with van der Waals surface area (Å²) in [5.41, 5.74) is 3.29. The van der Waals surface area contributed by atoms with E-state index in [1.54, 1.807) is 0 Å². The van der Waals surface area contributed by atoms with E-state index >= 15 is 0 Å². The van der Waals surface area contributed by atoms with Crippen LogP contribution < -0.4 is 5.32 Å². The Bertz CT molecular complexity index is 729. The first kappa shape index (κ1) is 15.7. The molecule has 1 amide bonds. The quantitative estimate of drug-likeness (QED) is 0.904. The van der Waals surface area contributed by atoms with E-state index in [1.807, 2.05) is 32.5 Å². The molecule has 1 aliphatic heterocycles. The first-order valence-electron chi connectivity index (χ1n) is 8.17. The highest BCUT2D eigenvalue weighted by atomic mass is 16.1. The van der Waals surface area contributed by atoms with Gasteiger partial charge in [0.2, 0.25) is 5.91 Å². The first-order valence-corrected chi connectivity index (χ1v) is 8.17. The lowest BCUT2D eigenvalue weighted by molar-refractivity contribution is -0.121. The largest absolute Gasteiger partial charge is 0.346 e. The van der Waals surface area contributed by atoms with Gasteiger partial charge in [-0.2, -0.15) is 5.10 Å². The maximum Gasteiger partial charge on any atom is 0.220 e. The molecule has 2 aromatic heterocycles. The molecule has 7 nitrogen and oxygen atoms in total. The number of nitrogens with zero attached hydrogens (tertiary/aromatic N) is 5. The maximum atomic E-state index is 12.3. The highest BCUT2D eigenvalue weighted by molar-refractivity contribution is 5.76. The molecular formula is C16H24N6O. The van der Waals surface area contributed by atoms with Crippen molar-refractivity contribution in [1.82, 2.24) is 29.9 Å². The van der Waals surface area contributed by atoms with Crippen molar-refractivity contribution < 1.29 is 4.79 Å². The van der Waals surface area contributed by atoms with Gasteiger partial charge in [0.25, 0.3) is 0 Å². The molecule has 1 aliphatic rings. The summed E-state index contributed by atoms with van der Waals surface area (Å²) >= 11 is 0. The minimum Gasteiger partial charge on any atom is -0.346 e. The molecule has 124 valence electrons. The fourth-order valence-corrected chi connectivity index (χ4v) is 3.29. The van der Waals surface area contributed by atoms with E-state index in [1.165, 1.54) is 5.56 Å². The molecule has 0 aliphatic carbocycles. The van der Waals surface area contributed by atoms with Gasteiger partial charge in [-0.1, -0.05) is 0 Å². The molecule has 0 saturated heterocycles. The molecule has 0 bridgehead atoms. The Morgan fingerprint density at radius 3 is 2.83 bits per heavy atom. The van der Waals surface area contributed by atoms with Crippen LogP contribution in [0.2, 0.25) is 0 Å². The topological polar surface area (TPSA) is 77.6 Å². The number of carbonyl (C=O) groups is 1. The lowest BCUT2D eigenvalue weighted by atomic mass is 10.1. The van der Waals surface area contributed by atoms with Crippen LogP contribution in [-0.2, 0) is 31.2 Å². The van der Waals surface area contributed by atoms with E-state index in [0.717, 1.165) is 42.4 Å². The van der Waals surface area contributed by atoms with Crippen LogP contribution in [0.25, 0.3) is 0 Å². The van der Waals surface area contributed by atoms with Gasteiger partial charge in [-0.3, -0.25) is 9.48 Å². The zero-order valence-electron chi connectivity index (χ0n) is 14.3. The highest BCUT2D eigenvalue weighted by Gasteiger charge is 2.22. The second kappa shape index (κ2) is 6.14. The molecule has 0 spiro atoms. The van der Waals surface area contributed by atoms with Crippen molar-refractivity contribution in [2.24, 2.45) is 7.05 Å². The minimum atomic E-state index is -0.113. The highest BCUT2D eigenvalue weighted by Crippen LogP contribution is 2.19. The zero-order chi connectivity index (χ0) is 16.6. The van der Waals surface area contributed by atoms with Gasteiger partial charge in [0.1, 0.15) is 5.82 Å². The lowest BCUT2D eigenvalue weighted by Crippen LogP contribution is -2.28. The maximum absolute atomic E-state index is 12.3. The molecule has 0 saturated carbocycles. The van der Waals surface area contributed by atoms with Crippen molar-refractivity contribution in [3.8, 4) is 0 Å². The minimum absolute atomic E-state index is 0.0375. The average Bonchev–Trinajstić information content (AvgIpc) is 3.14. The van der Waals surface area contributed by atoms with E-state index in [9.17, 15) is 4.79 Å². The Labute approximate surface area is 136 Å². The third-order valence-electron chi connectivity index (χ3n) is 4.66. The standard InChI is InChI=1S/C16H24N6O/c1-10-13(12(3)21(4)20-10)7-8-15(23)17-11(2)16-19-18-14-6-5-9-22(14)16/h11H,5-9H2,1-4H3,(H,17,23)/t11-/m1/s1. The van der Waals surface area contributed by atoms with Gasteiger partial charge < -0.3 is 9.88 Å². The van der Waals surface area contributed by atoms with Crippen LogP contribution in [-0.4, -0.2) is 30.5 Å². The summed E-state index contributed by atoms with van der Waals surface area (Å²) in [5, 5.41) is 15.9. The van der Waals surface area contributed by atoms with E-state index in [2.05, 4.69) is 25.2 Å². The summed E-state index contributed by atoms with van der Waals surface area (Å²) < 4.78 is 3.99. The van der Waals surface area contributed by atoms with Crippen LogP contribution in [0.4, 0.5) is 0 Å². The number of amides is 1. The molecule has 7 heteroatoms. The first-order chi connectivity index (χ1) is 11.0. The van der Waals surface area contributed by atoms with Crippen LogP contribution in [0.5, 0.6) is 0 Å². The zero-order valence-corrected chi connectivity index (χ0v) is 14.3. The molecule has 3 rings (SSSR count). The molecule has 0 fully saturated rings. The molecule has 1 N–H and O–H groups in total. The van der Waals surface area contributed by atoms with Crippen LogP contribution in [0.1, 0.15) is 54.4 Å². The van der Waals surface area contributed by atoms with Gasteiger partial charge in [0.05, 0.1) is 11.7 Å². The van der Waals surface area contributed by atoms with Crippen molar-refractivity contribution >= 4 is 5.91 Å². The second-order valence-electron chi connectivity index (χ2n) is 6.29. The Hall–Kier alpha value is -2.18. The molecule has 0 radical (unpaired) electrons. The van der Waals surface area contributed by atoms with E-state index in [0.29, 0.717) is 12.8 Å². The van der Waals surface area contributed by atoms with Gasteiger partial charge in [-0.05, 0) is 39.2 Å². The van der Waals surface area contributed by atoms with E-state index in [-0.39, 0.29) is 11.9 Å².